The van der Waals surface area contributed by atoms with Gasteiger partial charge < -0.3 is 25.9 Å². The van der Waals surface area contributed by atoms with Gasteiger partial charge in [0.05, 0.1) is 6.04 Å². The van der Waals surface area contributed by atoms with E-state index in [-0.39, 0.29) is 34.0 Å². The molecule has 35 heavy (non-hydrogen) atoms. The molecular formula is C18H24N6O9S2. The van der Waals surface area contributed by atoms with Crippen LogP contribution in [0.5, 0.6) is 0 Å². The zero-order chi connectivity index (χ0) is 26.1. The number of carboxylic acid groups (broad SMARTS) is 1. The van der Waals surface area contributed by atoms with Crippen molar-refractivity contribution in [1.29, 1.82) is 0 Å². The van der Waals surface area contributed by atoms with Crippen LogP contribution in [-0.4, -0.2) is 92.4 Å². The lowest BCUT2D eigenvalue weighted by Gasteiger charge is -2.46. The van der Waals surface area contributed by atoms with Gasteiger partial charge in [-0.2, -0.15) is 8.42 Å². The number of carboxylic acids is 1. The van der Waals surface area contributed by atoms with Crippen LogP contribution in [-0.2, 0) is 34.3 Å². The van der Waals surface area contributed by atoms with E-state index in [1.165, 1.54) is 24.1 Å². The summed E-state index contributed by atoms with van der Waals surface area (Å²) in [5, 5.41) is 16.6. The first-order chi connectivity index (χ1) is 16.2. The number of piperidine rings is 1. The van der Waals surface area contributed by atoms with E-state index in [2.05, 4.69) is 15.5 Å². The first kappa shape index (κ1) is 26.3. The molecule has 0 aliphatic carbocycles. The molecule has 3 amide bonds. The molecular weight excluding hydrogens is 508 g/mol. The van der Waals surface area contributed by atoms with Crippen LogP contribution in [0.2, 0.25) is 0 Å². The van der Waals surface area contributed by atoms with Gasteiger partial charge in [-0.05, 0) is 26.7 Å². The summed E-state index contributed by atoms with van der Waals surface area (Å²) in [5.41, 5.74) is 3.19. The summed E-state index contributed by atoms with van der Waals surface area (Å²) in [6, 6.07) is -2.71. The van der Waals surface area contributed by atoms with Crippen molar-refractivity contribution in [2.45, 2.75) is 50.8 Å². The van der Waals surface area contributed by atoms with Gasteiger partial charge in [0.25, 0.3) is 11.8 Å². The maximum absolute atomic E-state index is 13.0. The predicted molar refractivity (Wildman–Crippen MR) is 120 cm³/mol. The minimum absolute atomic E-state index is 0.0664. The van der Waals surface area contributed by atoms with Crippen LogP contribution in [0.25, 0.3) is 0 Å². The number of carbonyl (C=O) groups excluding carboxylic acids is 3. The molecule has 0 bridgehead atoms. The van der Waals surface area contributed by atoms with Crippen LogP contribution in [0.1, 0.15) is 38.8 Å². The average Bonchev–Trinajstić information content (AvgIpc) is 3.17. The Hall–Kier alpha value is -3.31. The lowest BCUT2D eigenvalue weighted by atomic mass is 9.96. The van der Waals surface area contributed by atoms with Gasteiger partial charge >= 0.3 is 16.3 Å². The smallest absolute Gasteiger partial charge is 0.362 e. The molecule has 2 fully saturated rings. The second-order valence-electron chi connectivity index (χ2n) is 8.34. The maximum atomic E-state index is 13.0. The highest BCUT2D eigenvalue weighted by atomic mass is 32.2. The van der Waals surface area contributed by atoms with Crippen LogP contribution < -0.4 is 11.1 Å². The van der Waals surface area contributed by atoms with Crippen molar-refractivity contribution in [3.05, 3.63) is 11.1 Å². The van der Waals surface area contributed by atoms with Crippen LogP contribution in [0, 0.1) is 0 Å². The van der Waals surface area contributed by atoms with E-state index >= 15 is 0 Å². The third-order valence-electron chi connectivity index (χ3n) is 5.39. The molecule has 2 aliphatic rings. The van der Waals surface area contributed by atoms with Gasteiger partial charge in [0, 0.05) is 24.9 Å². The van der Waals surface area contributed by atoms with Crippen molar-refractivity contribution in [3.63, 3.8) is 0 Å². The van der Waals surface area contributed by atoms with E-state index in [4.69, 9.17) is 10.6 Å². The number of nitrogens with one attached hydrogen (secondary N) is 1. The Balaban J connectivity index is 1.87. The molecule has 17 heteroatoms. The van der Waals surface area contributed by atoms with Gasteiger partial charge in [-0.1, -0.05) is 5.16 Å². The van der Waals surface area contributed by atoms with Crippen molar-refractivity contribution in [3.8, 4) is 0 Å². The predicted octanol–water partition coefficient (Wildman–Crippen LogP) is -1.18. The van der Waals surface area contributed by atoms with Crippen LogP contribution in [0.15, 0.2) is 10.5 Å². The van der Waals surface area contributed by atoms with Gasteiger partial charge in [0.15, 0.2) is 10.8 Å². The summed E-state index contributed by atoms with van der Waals surface area (Å²) < 4.78 is 33.2. The number of aromatic nitrogens is 1. The molecule has 5 N–H and O–H groups in total. The molecule has 3 heterocycles. The second-order valence-corrected chi connectivity index (χ2v) is 10.5. The summed E-state index contributed by atoms with van der Waals surface area (Å²) in [6.07, 6.45) is 1.60. The fourth-order valence-electron chi connectivity index (χ4n) is 3.43. The van der Waals surface area contributed by atoms with Gasteiger partial charge in [-0.3, -0.25) is 18.9 Å². The quantitative estimate of drug-likeness (QED) is 0.128. The van der Waals surface area contributed by atoms with Crippen LogP contribution >= 0.6 is 11.3 Å². The number of thiazole rings is 1. The molecule has 0 aromatic carbocycles. The molecule has 1 aromatic heterocycles. The molecule has 0 spiro atoms. The highest BCUT2D eigenvalue weighted by molar-refractivity contribution is 7.84. The molecule has 15 nitrogen and oxygen atoms in total. The summed E-state index contributed by atoms with van der Waals surface area (Å²) in [6.45, 7) is 2.46. The van der Waals surface area contributed by atoms with E-state index in [0.29, 0.717) is 19.4 Å². The van der Waals surface area contributed by atoms with Crippen molar-refractivity contribution in [2.24, 2.45) is 5.16 Å². The molecule has 0 radical (unpaired) electrons. The molecule has 2 atom stereocenters. The van der Waals surface area contributed by atoms with E-state index in [9.17, 15) is 37.3 Å². The number of rotatable bonds is 9. The Morgan fingerprint density at radius 1 is 1.37 bits per heavy atom. The minimum Gasteiger partial charge on any atom is -0.478 e. The number of oxime groups is 1. The topological polar surface area (TPSA) is 222 Å². The summed E-state index contributed by atoms with van der Waals surface area (Å²) in [4.78, 5) is 59.4. The molecule has 3 rings (SSSR count). The highest BCUT2D eigenvalue weighted by Crippen LogP contribution is 2.26. The summed E-state index contributed by atoms with van der Waals surface area (Å²) >= 11 is 0.959. The lowest BCUT2D eigenvalue weighted by molar-refractivity contribution is -0.161. The number of nitrogens with two attached hydrogens (primary N) is 1. The number of nitrogen functional groups attached to an aromatic ring is 1. The third-order valence-corrected chi connectivity index (χ3v) is 7.01. The largest absolute Gasteiger partial charge is 0.478 e. The van der Waals surface area contributed by atoms with Gasteiger partial charge in [-0.15, -0.1) is 11.3 Å². The average molecular weight is 533 g/mol. The number of likely N-dealkylation sites (tertiary alicyclic amines) is 1. The molecule has 192 valence electrons. The van der Waals surface area contributed by atoms with Gasteiger partial charge in [0.1, 0.15) is 11.7 Å². The number of hydrogen-bond donors (Lipinski definition) is 4. The Morgan fingerprint density at radius 2 is 2.06 bits per heavy atom. The van der Waals surface area contributed by atoms with Gasteiger partial charge in [-0.25, -0.2) is 14.1 Å². The number of aliphatic carboxylic acids is 1. The molecule has 2 saturated heterocycles. The van der Waals surface area contributed by atoms with Crippen LogP contribution in [0.3, 0.4) is 0 Å². The Morgan fingerprint density at radius 3 is 2.60 bits per heavy atom. The number of anilines is 1. The zero-order valence-corrected chi connectivity index (χ0v) is 20.3. The van der Waals surface area contributed by atoms with Crippen molar-refractivity contribution >= 4 is 56.2 Å². The van der Waals surface area contributed by atoms with Crippen molar-refractivity contribution < 1.29 is 42.1 Å². The first-order valence-electron chi connectivity index (χ1n) is 10.3. The number of carbonyl (C=O) groups is 4. The molecule has 0 saturated carbocycles. The van der Waals surface area contributed by atoms with Crippen molar-refractivity contribution in [2.75, 3.05) is 18.8 Å². The lowest BCUT2D eigenvalue weighted by Crippen LogP contribution is -2.75. The fourth-order valence-corrected chi connectivity index (χ4v) is 4.85. The Kier molecular flexibility index (Phi) is 7.32. The monoisotopic (exact) mass is 532 g/mol. The second kappa shape index (κ2) is 9.74. The summed E-state index contributed by atoms with van der Waals surface area (Å²) in [7, 11) is -4.96. The Labute approximate surface area is 203 Å². The van der Waals surface area contributed by atoms with E-state index in [0.717, 1.165) is 11.3 Å². The number of amides is 3. The Bertz CT molecular complexity index is 1180. The van der Waals surface area contributed by atoms with E-state index in [1.807, 2.05) is 0 Å². The zero-order valence-electron chi connectivity index (χ0n) is 18.7. The van der Waals surface area contributed by atoms with Gasteiger partial charge in [0.2, 0.25) is 11.5 Å². The van der Waals surface area contributed by atoms with E-state index in [1.54, 1.807) is 0 Å². The van der Waals surface area contributed by atoms with Crippen LogP contribution in [0.4, 0.5) is 5.13 Å². The summed E-state index contributed by atoms with van der Waals surface area (Å²) in [5.74, 6) is -3.79. The standard InChI is InChI=1S/C18H24N6O9S2/c1-18(2,16(28)29)33-22-12(9-8-34-17(19)20-9)14(26)21-13-10(24(15(13)27)35(30,31)32)7-23-6-4-3-5-11(23)25/h8,10,13H,3-7H2,1-2H3,(H2,19,20)(H,21,26)(H,28,29)(H,30,31,32)/b22-12-/t10-,13+/m1/s1. The SMILES string of the molecule is CC(C)(O/N=C(\C(=O)N[C@@H]1C(=O)N(S(=O)(=O)O)[C@@H]1CN1CCCCC1=O)c1csc(N)n1)C(=O)O. The third kappa shape index (κ3) is 5.68. The highest BCUT2D eigenvalue weighted by Gasteiger charge is 2.55. The molecule has 0 unspecified atom stereocenters. The maximum Gasteiger partial charge on any atom is 0.362 e. The normalized spacial score (nSPS) is 21.5. The van der Waals surface area contributed by atoms with E-state index < -0.39 is 51.5 Å². The number of β-lactam (4-membered cyclic amide) rings is 1. The minimum atomic E-state index is -4.96. The van der Waals surface area contributed by atoms with Crippen molar-refractivity contribution in [1.82, 2.24) is 19.5 Å². The number of hydrogen-bond acceptors (Lipinski definition) is 11. The molecule has 1 aromatic rings. The fraction of sp³-hybridized carbons (Fsp3) is 0.556. The number of nitrogens with zero attached hydrogens (tertiary/aromatic N) is 4. The first-order valence-corrected chi connectivity index (χ1v) is 12.6. The molecule has 2 aliphatic heterocycles.